The molecule has 1 spiro atoms. The second-order valence-electron chi connectivity index (χ2n) is 11.7. The van der Waals surface area contributed by atoms with E-state index >= 15 is 0 Å². The van der Waals surface area contributed by atoms with Crippen LogP contribution in [0.5, 0.6) is 0 Å². The fraction of sp³-hybridized carbons (Fsp3) is 0.920. The lowest BCUT2D eigenvalue weighted by atomic mass is 9.45. The molecule has 0 bridgehead atoms. The number of fused-ring (bicyclic) bond motifs is 5. The summed E-state index contributed by atoms with van der Waals surface area (Å²) in [6.45, 7) is 6.10. The van der Waals surface area contributed by atoms with Crippen LogP contribution in [0.25, 0.3) is 0 Å². The summed E-state index contributed by atoms with van der Waals surface area (Å²) in [5.41, 5.74) is -0.623. The van der Waals surface area contributed by atoms with Crippen LogP contribution in [0.3, 0.4) is 0 Å². The van der Waals surface area contributed by atoms with Crippen LogP contribution in [-0.4, -0.2) is 71.6 Å². The molecule has 0 aromatic carbocycles. The first-order valence-corrected chi connectivity index (χ1v) is 12.5. The van der Waals surface area contributed by atoms with E-state index in [0.29, 0.717) is 39.3 Å². The van der Waals surface area contributed by atoms with Crippen LogP contribution in [-0.2, 0) is 18.9 Å². The fourth-order valence-electron chi connectivity index (χ4n) is 9.03. The molecule has 7 nitrogen and oxygen atoms in total. The Kier molecular flexibility index (Phi) is 4.80. The van der Waals surface area contributed by atoms with Crippen LogP contribution >= 0.6 is 0 Å². The van der Waals surface area contributed by atoms with Crippen molar-refractivity contribution in [2.75, 3.05) is 33.0 Å². The van der Waals surface area contributed by atoms with E-state index in [1.54, 1.807) is 0 Å². The first kappa shape index (κ1) is 22.0. The Morgan fingerprint density at radius 2 is 1.69 bits per heavy atom. The molecule has 0 unspecified atom stereocenters. The molecule has 2 aliphatic heterocycles. The molecule has 180 valence electrons. The van der Waals surface area contributed by atoms with Crippen molar-refractivity contribution in [3.8, 4) is 0 Å². The van der Waals surface area contributed by atoms with Crippen molar-refractivity contribution in [3.05, 3.63) is 11.6 Å². The van der Waals surface area contributed by atoms with E-state index in [1.807, 2.05) is 0 Å². The normalized spacial score (nSPS) is 51.2. The zero-order valence-corrected chi connectivity index (χ0v) is 19.3. The quantitative estimate of drug-likeness (QED) is 0.555. The minimum absolute atomic E-state index is 0.0834. The van der Waals surface area contributed by atoms with Gasteiger partial charge in [-0.3, -0.25) is 0 Å². The molecular formula is C25H38O7. The maximum absolute atomic E-state index is 12.1. The summed E-state index contributed by atoms with van der Waals surface area (Å²) in [5.74, 6) is -1.19. The Balaban J connectivity index is 1.35. The highest BCUT2D eigenvalue weighted by Gasteiger charge is 2.73. The molecule has 4 aliphatic carbocycles. The lowest BCUT2D eigenvalue weighted by Crippen LogP contribution is -2.68. The van der Waals surface area contributed by atoms with Gasteiger partial charge in [-0.1, -0.05) is 25.5 Å². The molecule has 0 aromatic rings. The first-order valence-electron chi connectivity index (χ1n) is 12.5. The first-order chi connectivity index (χ1) is 15.2. The van der Waals surface area contributed by atoms with Gasteiger partial charge in [0.05, 0.1) is 32.5 Å². The maximum atomic E-state index is 12.1. The number of ether oxygens (including phenoxy) is 4. The van der Waals surface area contributed by atoms with Crippen LogP contribution in [0.1, 0.15) is 58.8 Å². The van der Waals surface area contributed by atoms with Gasteiger partial charge in [-0.25, -0.2) is 0 Å². The summed E-state index contributed by atoms with van der Waals surface area (Å²) in [5, 5.41) is 34.0. The molecule has 7 heteroatoms. The van der Waals surface area contributed by atoms with Crippen molar-refractivity contribution < 1.29 is 34.3 Å². The standard InChI is InChI=1S/C25H38O7/c1-21-7-8-23(29-9-10-30-23)13-16(21)3-4-17-18-5-6-24(28,25(15-26)31-11-12-32-25)22(18,2)14-19(27)20(17)21/h3,17-20,26-28H,4-15H2,1-2H3/t17-,18+,19+,20-,21-,22-,24-/m0/s1. The van der Waals surface area contributed by atoms with Crippen molar-refractivity contribution in [2.45, 2.75) is 82.1 Å². The fourth-order valence-corrected chi connectivity index (χ4v) is 9.03. The highest BCUT2D eigenvalue weighted by atomic mass is 16.8. The smallest absolute Gasteiger partial charge is 0.222 e. The van der Waals surface area contributed by atoms with Crippen LogP contribution in [0.15, 0.2) is 11.6 Å². The summed E-state index contributed by atoms with van der Waals surface area (Å²) in [7, 11) is 0. The highest BCUT2D eigenvalue weighted by Crippen LogP contribution is 2.69. The molecular weight excluding hydrogens is 412 g/mol. The number of rotatable bonds is 2. The van der Waals surface area contributed by atoms with Gasteiger partial charge in [-0.05, 0) is 55.3 Å². The second-order valence-corrected chi connectivity index (χ2v) is 11.7. The molecule has 0 aromatic heterocycles. The average molecular weight is 451 g/mol. The minimum Gasteiger partial charge on any atom is -0.393 e. The molecule has 2 saturated heterocycles. The summed E-state index contributed by atoms with van der Waals surface area (Å²) in [4.78, 5) is 0. The van der Waals surface area contributed by atoms with Gasteiger partial charge in [0, 0.05) is 18.3 Å². The van der Waals surface area contributed by atoms with Gasteiger partial charge in [0.2, 0.25) is 5.79 Å². The van der Waals surface area contributed by atoms with Crippen LogP contribution in [0, 0.1) is 28.6 Å². The molecule has 0 radical (unpaired) electrons. The molecule has 32 heavy (non-hydrogen) atoms. The largest absolute Gasteiger partial charge is 0.393 e. The van der Waals surface area contributed by atoms with Crippen LogP contribution in [0.4, 0.5) is 0 Å². The third kappa shape index (κ3) is 2.56. The van der Waals surface area contributed by atoms with E-state index < -0.39 is 28.7 Å². The van der Waals surface area contributed by atoms with Crippen molar-refractivity contribution in [3.63, 3.8) is 0 Å². The van der Waals surface area contributed by atoms with Crippen LogP contribution in [0.2, 0.25) is 0 Å². The topological polar surface area (TPSA) is 97.6 Å². The van der Waals surface area contributed by atoms with Crippen LogP contribution < -0.4 is 0 Å². The molecule has 2 heterocycles. The van der Waals surface area contributed by atoms with Crippen molar-refractivity contribution in [1.29, 1.82) is 0 Å². The van der Waals surface area contributed by atoms with Crippen molar-refractivity contribution >= 4 is 0 Å². The lowest BCUT2D eigenvalue weighted by molar-refractivity contribution is -0.324. The van der Waals surface area contributed by atoms with Gasteiger partial charge in [0.15, 0.2) is 5.79 Å². The Labute approximate surface area is 190 Å². The third-order valence-electron chi connectivity index (χ3n) is 10.6. The molecule has 7 atom stereocenters. The summed E-state index contributed by atoms with van der Waals surface area (Å²) >= 11 is 0. The maximum Gasteiger partial charge on any atom is 0.222 e. The number of aliphatic hydroxyl groups excluding tert-OH is 2. The third-order valence-corrected chi connectivity index (χ3v) is 10.6. The van der Waals surface area contributed by atoms with Gasteiger partial charge >= 0.3 is 0 Å². The predicted octanol–water partition coefficient (Wildman–Crippen LogP) is 2.13. The zero-order chi connectivity index (χ0) is 22.4. The number of aliphatic hydroxyl groups is 3. The van der Waals surface area contributed by atoms with Gasteiger partial charge < -0.3 is 34.3 Å². The van der Waals surface area contributed by atoms with E-state index in [1.165, 1.54) is 5.57 Å². The number of hydrogen-bond acceptors (Lipinski definition) is 7. The number of hydrogen-bond donors (Lipinski definition) is 3. The predicted molar refractivity (Wildman–Crippen MR) is 114 cm³/mol. The number of allylic oxidation sites excluding steroid dienone is 1. The van der Waals surface area contributed by atoms with Gasteiger partial charge in [0.1, 0.15) is 12.2 Å². The minimum atomic E-state index is -1.39. The molecule has 6 rings (SSSR count). The Bertz CT molecular complexity index is 800. The second kappa shape index (κ2) is 7.00. The van der Waals surface area contributed by atoms with E-state index in [0.717, 1.165) is 32.1 Å². The summed E-state index contributed by atoms with van der Waals surface area (Å²) < 4.78 is 23.8. The van der Waals surface area contributed by atoms with E-state index in [9.17, 15) is 15.3 Å². The molecule has 5 fully saturated rings. The summed E-state index contributed by atoms with van der Waals surface area (Å²) in [6.07, 6.45) is 7.20. The molecule has 3 saturated carbocycles. The lowest BCUT2D eigenvalue weighted by Gasteiger charge is -2.62. The SMILES string of the molecule is C[C@]12CCC3(CC1=CC[C@@H]1[C@H]2[C@H](O)C[C@@]2(C)[C@@H]1CC[C@@]2(O)C1(CO)OCCO1)OCCO3. The molecule has 0 amide bonds. The monoisotopic (exact) mass is 450 g/mol. The Morgan fingerprint density at radius 3 is 2.38 bits per heavy atom. The van der Waals surface area contributed by atoms with E-state index in [-0.39, 0.29) is 29.8 Å². The highest BCUT2D eigenvalue weighted by molar-refractivity contribution is 5.29. The Morgan fingerprint density at radius 1 is 1.00 bits per heavy atom. The van der Waals surface area contributed by atoms with Crippen molar-refractivity contribution in [2.24, 2.45) is 28.6 Å². The van der Waals surface area contributed by atoms with Gasteiger partial charge in [0.25, 0.3) is 0 Å². The average Bonchev–Trinajstić information content (AvgIpc) is 3.49. The van der Waals surface area contributed by atoms with Gasteiger partial charge in [-0.15, -0.1) is 0 Å². The molecule has 3 N–H and O–H groups in total. The van der Waals surface area contributed by atoms with Crippen molar-refractivity contribution in [1.82, 2.24) is 0 Å². The van der Waals surface area contributed by atoms with Gasteiger partial charge in [-0.2, -0.15) is 0 Å². The Hall–Kier alpha value is -0.540. The van der Waals surface area contributed by atoms with E-state index in [4.69, 9.17) is 18.9 Å². The summed E-state index contributed by atoms with van der Waals surface area (Å²) in [6, 6.07) is 0. The molecule has 6 aliphatic rings. The zero-order valence-electron chi connectivity index (χ0n) is 19.3. The van der Waals surface area contributed by atoms with E-state index in [2.05, 4.69) is 19.9 Å².